The van der Waals surface area contributed by atoms with E-state index in [1.807, 2.05) is 0 Å². The lowest BCUT2D eigenvalue weighted by Crippen LogP contribution is -2.52. The van der Waals surface area contributed by atoms with E-state index >= 15 is 0 Å². The lowest BCUT2D eigenvalue weighted by Gasteiger charge is -2.38. The molecule has 6 heteroatoms. The van der Waals surface area contributed by atoms with E-state index in [9.17, 15) is 8.78 Å². The maximum atomic E-state index is 13.7. The minimum atomic E-state index is -0.623. The third-order valence-corrected chi connectivity index (χ3v) is 3.45. The van der Waals surface area contributed by atoms with Crippen molar-refractivity contribution < 1.29 is 13.5 Å². The van der Waals surface area contributed by atoms with Crippen LogP contribution in [0.2, 0.25) is 0 Å². The minimum Gasteiger partial charge on any atom is -0.379 e. The zero-order chi connectivity index (χ0) is 13.5. The molecule has 100 valence electrons. The Morgan fingerprint density at radius 3 is 2.74 bits per heavy atom. The second kappa shape index (κ2) is 4.40. The van der Waals surface area contributed by atoms with E-state index in [0.29, 0.717) is 31.3 Å². The fraction of sp³-hybridized carbons (Fsp3) is 0.308. The molecule has 1 aliphatic heterocycles. The Labute approximate surface area is 108 Å². The van der Waals surface area contributed by atoms with Crippen LogP contribution in [0.4, 0.5) is 8.78 Å². The molecule has 1 saturated heterocycles. The van der Waals surface area contributed by atoms with Gasteiger partial charge in [0.25, 0.3) is 0 Å². The fourth-order valence-corrected chi connectivity index (χ4v) is 2.14. The number of halogens is 2. The van der Waals surface area contributed by atoms with Gasteiger partial charge in [0.2, 0.25) is 0 Å². The number of nitrogens with two attached hydrogens (primary N) is 1. The number of hydrogen-bond acceptors (Lipinski definition) is 3. The van der Waals surface area contributed by atoms with Gasteiger partial charge in [-0.15, -0.1) is 0 Å². The van der Waals surface area contributed by atoms with Crippen LogP contribution in [0.15, 0.2) is 24.4 Å². The summed E-state index contributed by atoms with van der Waals surface area (Å²) in [6, 6.07) is 3.44. The van der Waals surface area contributed by atoms with E-state index in [0.717, 1.165) is 6.07 Å². The molecule has 1 fully saturated rings. The summed E-state index contributed by atoms with van der Waals surface area (Å²) in [4.78, 5) is 7.30. The highest BCUT2D eigenvalue weighted by molar-refractivity contribution is 5.59. The summed E-state index contributed by atoms with van der Waals surface area (Å²) < 4.78 is 31.7. The molecular weight excluding hydrogens is 252 g/mol. The van der Waals surface area contributed by atoms with Gasteiger partial charge in [-0.05, 0) is 12.1 Å². The minimum absolute atomic E-state index is 0.285. The summed E-state index contributed by atoms with van der Waals surface area (Å²) in [6.07, 6.45) is 1.53. The van der Waals surface area contributed by atoms with Gasteiger partial charge >= 0.3 is 0 Å². The topological polar surface area (TPSA) is 63.9 Å². The van der Waals surface area contributed by atoms with Crippen LogP contribution in [0.25, 0.3) is 11.3 Å². The fourth-order valence-electron chi connectivity index (χ4n) is 2.14. The van der Waals surface area contributed by atoms with Crippen molar-refractivity contribution in [3.05, 3.63) is 41.9 Å². The molecule has 4 nitrogen and oxygen atoms in total. The van der Waals surface area contributed by atoms with Crippen LogP contribution in [0.1, 0.15) is 5.82 Å². The number of H-pyrrole nitrogens is 1. The number of rotatable bonds is 3. The van der Waals surface area contributed by atoms with Crippen LogP contribution >= 0.6 is 0 Å². The molecule has 0 aliphatic carbocycles. The first-order valence-corrected chi connectivity index (χ1v) is 5.93. The summed E-state index contributed by atoms with van der Waals surface area (Å²) in [7, 11) is 0. The number of nitrogens with zero attached hydrogens (tertiary/aromatic N) is 1. The number of nitrogens with one attached hydrogen (secondary N) is 1. The molecule has 3 rings (SSSR count). The summed E-state index contributed by atoms with van der Waals surface area (Å²) in [5, 5.41) is 0. The van der Waals surface area contributed by atoms with Crippen LogP contribution in [0.3, 0.4) is 0 Å². The smallest absolute Gasteiger partial charge is 0.135 e. The number of ether oxygens (including phenoxy) is 1. The lowest BCUT2D eigenvalue weighted by atomic mass is 9.85. The number of imidazole rings is 1. The summed E-state index contributed by atoms with van der Waals surface area (Å²) >= 11 is 0. The lowest BCUT2D eigenvalue weighted by molar-refractivity contribution is -0.0589. The zero-order valence-electron chi connectivity index (χ0n) is 10.1. The number of aromatic amines is 1. The molecule has 1 aromatic carbocycles. The van der Waals surface area contributed by atoms with Crippen molar-refractivity contribution >= 4 is 0 Å². The molecule has 19 heavy (non-hydrogen) atoms. The van der Waals surface area contributed by atoms with Crippen molar-refractivity contribution in [3.63, 3.8) is 0 Å². The first-order chi connectivity index (χ1) is 9.14. The van der Waals surface area contributed by atoms with Gasteiger partial charge in [-0.1, -0.05) is 0 Å². The Morgan fingerprint density at radius 2 is 2.16 bits per heavy atom. The van der Waals surface area contributed by atoms with Crippen LogP contribution < -0.4 is 5.73 Å². The van der Waals surface area contributed by atoms with Crippen LogP contribution in [0.5, 0.6) is 0 Å². The molecule has 1 aromatic heterocycles. The molecule has 0 radical (unpaired) electrons. The highest BCUT2D eigenvalue weighted by atomic mass is 19.1. The Morgan fingerprint density at radius 1 is 1.37 bits per heavy atom. The average molecular weight is 265 g/mol. The predicted octanol–water partition coefficient (Wildman–Crippen LogP) is 1.58. The molecular formula is C13H13F2N3O. The van der Waals surface area contributed by atoms with Crippen molar-refractivity contribution in [2.24, 2.45) is 5.73 Å². The molecule has 2 aromatic rings. The Hall–Kier alpha value is -1.79. The van der Waals surface area contributed by atoms with Crippen molar-refractivity contribution in [1.29, 1.82) is 0 Å². The standard InChI is InChI=1S/C13H13F2N3O/c14-8-1-2-9(10(15)3-8)11-4-17-12(18-11)13(5-16)6-19-7-13/h1-4H,5-7,16H2,(H,17,18). The first kappa shape index (κ1) is 12.3. The molecule has 0 unspecified atom stereocenters. The van der Waals surface area contributed by atoms with E-state index in [1.165, 1.54) is 18.3 Å². The molecule has 2 heterocycles. The quantitative estimate of drug-likeness (QED) is 0.885. The van der Waals surface area contributed by atoms with Gasteiger partial charge in [0.15, 0.2) is 0 Å². The van der Waals surface area contributed by atoms with E-state index in [-0.39, 0.29) is 11.0 Å². The van der Waals surface area contributed by atoms with E-state index in [2.05, 4.69) is 9.97 Å². The van der Waals surface area contributed by atoms with Gasteiger partial charge in [0, 0.05) is 18.2 Å². The van der Waals surface area contributed by atoms with E-state index in [4.69, 9.17) is 10.5 Å². The number of hydrogen-bond donors (Lipinski definition) is 2. The maximum absolute atomic E-state index is 13.7. The van der Waals surface area contributed by atoms with Crippen molar-refractivity contribution in [2.45, 2.75) is 5.41 Å². The van der Waals surface area contributed by atoms with Gasteiger partial charge in [-0.2, -0.15) is 0 Å². The molecule has 0 spiro atoms. The summed E-state index contributed by atoms with van der Waals surface area (Å²) in [5.74, 6) is -0.548. The number of benzene rings is 1. The highest BCUT2D eigenvalue weighted by Crippen LogP contribution is 2.31. The van der Waals surface area contributed by atoms with Crippen LogP contribution in [-0.4, -0.2) is 29.7 Å². The van der Waals surface area contributed by atoms with Crippen LogP contribution in [-0.2, 0) is 10.2 Å². The van der Waals surface area contributed by atoms with Gasteiger partial charge in [-0.25, -0.2) is 13.8 Å². The largest absolute Gasteiger partial charge is 0.379 e. The Balaban J connectivity index is 1.97. The van der Waals surface area contributed by atoms with Crippen molar-refractivity contribution in [3.8, 4) is 11.3 Å². The highest BCUT2D eigenvalue weighted by Gasteiger charge is 2.41. The summed E-state index contributed by atoms with van der Waals surface area (Å²) in [6.45, 7) is 1.41. The van der Waals surface area contributed by atoms with Gasteiger partial charge in [0.1, 0.15) is 17.5 Å². The third-order valence-electron chi connectivity index (χ3n) is 3.45. The number of aromatic nitrogens is 2. The van der Waals surface area contributed by atoms with E-state index < -0.39 is 11.6 Å². The van der Waals surface area contributed by atoms with E-state index in [1.54, 1.807) is 0 Å². The second-order valence-electron chi connectivity index (χ2n) is 4.75. The monoisotopic (exact) mass is 265 g/mol. The molecule has 1 aliphatic rings. The van der Waals surface area contributed by atoms with Gasteiger partial charge < -0.3 is 15.5 Å². The molecule has 0 saturated carbocycles. The first-order valence-electron chi connectivity index (χ1n) is 5.93. The maximum Gasteiger partial charge on any atom is 0.135 e. The molecule has 0 bridgehead atoms. The van der Waals surface area contributed by atoms with Gasteiger partial charge in [-0.3, -0.25) is 0 Å². The normalized spacial score (nSPS) is 17.2. The predicted molar refractivity (Wildman–Crippen MR) is 65.5 cm³/mol. The SMILES string of the molecule is NCC1(c2ncc(-c3ccc(F)cc3F)[nH]2)COC1. The molecule has 0 atom stereocenters. The zero-order valence-corrected chi connectivity index (χ0v) is 10.1. The van der Waals surface area contributed by atoms with Crippen molar-refractivity contribution in [1.82, 2.24) is 9.97 Å². The summed E-state index contributed by atoms with van der Waals surface area (Å²) in [5.41, 5.74) is 6.22. The third kappa shape index (κ3) is 1.93. The van der Waals surface area contributed by atoms with Crippen molar-refractivity contribution in [2.75, 3.05) is 19.8 Å². The van der Waals surface area contributed by atoms with Crippen LogP contribution in [0, 0.1) is 11.6 Å². The second-order valence-corrected chi connectivity index (χ2v) is 4.75. The molecule has 0 amide bonds. The average Bonchev–Trinajstić information content (AvgIpc) is 2.78. The van der Waals surface area contributed by atoms with Gasteiger partial charge in [0.05, 0.1) is 30.5 Å². The Bertz CT molecular complexity index is 602. The molecule has 3 N–H and O–H groups in total. The Kier molecular flexibility index (Phi) is 2.83.